The molecule has 4 N–H and O–H groups in total. The lowest BCUT2D eigenvalue weighted by molar-refractivity contribution is -0.137. The fraction of sp³-hybridized carbons (Fsp3) is 0.333. The fourth-order valence-corrected chi connectivity index (χ4v) is 6.56. The molecule has 46 heavy (non-hydrogen) atoms. The Morgan fingerprint density at radius 2 is 1.52 bits per heavy atom. The van der Waals surface area contributed by atoms with Gasteiger partial charge in [0, 0.05) is 34.7 Å². The molecule has 1 unspecified atom stereocenters. The molecular formula is C36H38N4O6. The van der Waals surface area contributed by atoms with Gasteiger partial charge in [0.25, 0.3) is 0 Å². The molecule has 0 spiro atoms. The van der Waals surface area contributed by atoms with Crippen molar-refractivity contribution in [2.24, 2.45) is 15.0 Å². The minimum absolute atomic E-state index is 0.132. The molecule has 0 saturated heterocycles. The summed E-state index contributed by atoms with van der Waals surface area (Å²) in [5.74, 6) is -3.08. The van der Waals surface area contributed by atoms with Gasteiger partial charge in [0.15, 0.2) is 0 Å². The van der Waals surface area contributed by atoms with Gasteiger partial charge in [-0.25, -0.2) is 9.98 Å². The highest BCUT2D eigenvalue weighted by Crippen LogP contribution is 2.39. The van der Waals surface area contributed by atoms with Crippen LogP contribution in [0.2, 0.25) is 0 Å². The van der Waals surface area contributed by atoms with Gasteiger partial charge in [0.05, 0.1) is 41.0 Å². The zero-order valence-corrected chi connectivity index (χ0v) is 26.7. The zero-order valence-electron chi connectivity index (χ0n) is 26.7. The number of nitrogens with zero attached hydrogens (tertiary/aromatic N) is 3. The molecule has 0 aromatic carbocycles. The van der Waals surface area contributed by atoms with Crippen LogP contribution >= 0.6 is 0 Å². The van der Waals surface area contributed by atoms with Gasteiger partial charge >= 0.3 is 17.9 Å². The van der Waals surface area contributed by atoms with E-state index in [2.05, 4.69) is 25.4 Å². The van der Waals surface area contributed by atoms with Crippen molar-refractivity contribution < 1.29 is 29.7 Å². The molecule has 0 saturated carbocycles. The summed E-state index contributed by atoms with van der Waals surface area (Å²) in [7, 11) is 0. The van der Waals surface area contributed by atoms with E-state index >= 15 is 0 Å². The summed E-state index contributed by atoms with van der Waals surface area (Å²) in [6, 6.07) is -0.368. The van der Waals surface area contributed by atoms with Crippen LogP contribution in [0.25, 0.3) is 12.2 Å². The molecule has 10 nitrogen and oxygen atoms in total. The SMILES string of the molecule is C=CC1=C(C)C2/C=C3N=C(C(CCC(=O)O)=C\3C)/C(CC(=O)O)=C3N=C(/C=c4\[nH]/c(c(C)c4CC)=C\C1=N2)C(C)=C\3CCC(=O)O. The summed E-state index contributed by atoms with van der Waals surface area (Å²) in [6.07, 6.45) is 7.91. The molecule has 1 atom stereocenters. The van der Waals surface area contributed by atoms with Crippen LogP contribution in [0.1, 0.15) is 70.9 Å². The van der Waals surface area contributed by atoms with E-state index < -0.39 is 24.3 Å². The van der Waals surface area contributed by atoms with E-state index in [1.807, 2.05) is 39.0 Å². The van der Waals surface area contributed by atoms with Crippen molar-refractivity contribution in [1.82, 2.24) is 4.98 Å². The van der Waals surface area contributed by atoms with Crippen LogP contribution in [0, 0.1) is 6.92 Å². The second-order valence-electron chi connectivity index (χ2n) is 11.9. The zero-order chi connectivity index (χ0) is 33.4. The molecule has 0 fully saturated rings. The van der Waals surface area contributed by atoms with Crippen LogP contribution in [0.5, 0.6) is 0 Å². The first-order chi connectivity index (χ1) is 21.8. The van der Waals surface area contributed by atoms with Crippen LogP contribution in [0.3, 0.4) is 0 Å². The van der Waals surface area contributed by atoms with Crippen LogP contribution in [0.15, 0.2) is 84.1 Å². The predicted octanol–water partition coefficient (Wildman–Crippen LogP) is 4.67. The first kappa shape index (κ1) is 32.3. The topological polar surface area (TPSA) is 165 Å². The summed E-state index contributed by atoms with van der Waals surface area (Å²) in [5, 5.41) is 31.0. The minimum atomic E-state index is -1.11. The molecule has 0 radical (unpaired) electrons. The quantitative estimate of drug-likeness (QED) is 0.296. The Bertz CT molecular complexity index is 1990. The number of carbonyl (C=O) groups is 3. The van der Waals surface area contributed by atoms with E-state index in [0.717, 1.165) is 56.3 Å². The standard InChI is InChI=1S/C36H38N4O6/c1-7-21-17(3)26-14-28-19(5)23(9-11-32(41)42)35(39-28)25(13-34(45)46)36-24(10-12-33(43)44)20(6)29(40-36)16-31-22(8-2)18(4)27(38-31)15-30(21)37-26/h7,14-16,26,38H,1,8-13H2,2-6H3,(H,41,42)(H,43,44)(H,45,46)/b27-15-,28-14-,31-16-,36-25-. The van der Waals surface area contributed by atoms with E-state index in [0.29, 0.717) is 39.5 Å². The summed E-state index contributed by atoms with van der Waals surface area (Å²) in [6.45, 7) is 13.9. The summed E-state index contributed by atoms with van der Waals surface area (Å²) in [4.78, 5) is 54.3. The Morgan fingerprint density at radius 1 is 0.870 bits per heavy atom. The van der Waals surface area contributed by atoms with Gasteiger partial charge in [0.2, 0.25) is 0 Å². The first-order valence-electron chi connectivity index (χ1n) is 15.4. The molecular weight excluding hydrogens is 584 g/mol. The van der Waals surface area contributed by atoms with Crippen LogP contribution in [-0.2, 0) is 20.8 Å². The number of hydrogen-bond acceptors (Lipinski definition) is 6. The van der Waals surface area contributed by atoms with E-state index in [-0.39, 0.29) is 31.7 Å². The maximum atomic E-state index is 12.4. The number of aliphatic carboxylic acids is 3. The van der Waals surface area contributed by atoms with Crippen molar-refractivity contribution in [3.05, 3.63) is 91.0 Å². The minimum Gasteiger partial charge on any atom is -0.481 e. The average Bonchev–Trinajstić information content (AvgIpc) is 3.66. The van der Waals surface area contributed by atoms with Gasteiger partial charge in [-0.3, -0.25) is 19.4 Å². The highest BCUT2D eigenvalue weighted by molar-refractivity contribution is 6.25. The van der Waals surface area contributed by atoms with E-state index in [1.54, 1.807) is 6.08 Å². The maximum Gasteiger partial charge on any atom is 0.307 e. The highest BCUT2D eigenvalue weighted by Gasteiger charge is 2.32. The third-order valence-corrected chi connectivity index (χ3v) is 9.10. The smallest absolute Gasteiger partial charge is 0.307 e. The number of carboxylic acid groups (broad SMARTS) is 3. The number of aromatic amines is 1. The van der Waals surface area contributed by atoms with Gasteiger partial charge in [0.1, 0.15) is 0 Å². The number of H-pyrrole nitrogens is 1. The number of nitrogens with one attached hydrogen (secondary N) is 1. The molecule has 0 aliphatic carbocycles. The van der Waals surface area contributed by atoms with E-state index in [4.69, 9.17) is 15.0 Å². The molecule has 4 aliphatic rings. The van der Waals surface area contributed by atoms with Crippen molar-refractivity contribution >= 4 is 47.2 Å². The molecule has 10 heteroatoms. The summed E-state index contributed by atoms with van der Waals surface area (Å²) < 4.78 is 0. The van der Waals surface area contributed by atoms with E-state index in [1.165, 1.54) is 0 Å². The molecule has 4 aliphatic heterocycles. The van der Waals surface area contributed by atoms with Crippen molar-refractivity contribution in [2.45, 2.75) is 79.2 Å². The van der Waals surface area contributed by atoms with Gasteiger partial charge in [-0.05, 0) is 104 Å². The molecule has 1 aromatic heterocycles. The lowest BCUT2D eigenvalue weighted by Crippen LogP contribution is -2.15. The van der Waals surface area contributed by atoms with E-state index in [9.17, 15) is 29.7 Å². The van der Waals surface area contributed by atoms with Gasteiger partial charge < -0.3 is 20.3 Å². The third kappa shape index (κ3) is 5.94. The lowest BCUT2D eigenvalue weighted by atomic mass is 9.90. The maximum absolute atomic E-state index is 12.4. The number of fused-ring (bicyclic) bond motifs is 5. The highest BCUT2D eigenvalue weighted by atomic mass is 16.4. The van der Waals surface area contributed by atoms with Crippen LogP contribution < -0.4 is 10.7 Å². The van der Waals surface area contributed by atoms with Gasteiger partial charge in [-0.2, -0.15) is 0 Å². The Morgan fingerprint density at radius 3 is 2.13 bits per heavy atom. The van der Waals surface area contributed by atoms with Crippen LogP contribution in [0.4, 0.5) is 0 Å². The first-order valence-corrected chi connectivity index (χ1v) is 15.4. The number of aliphatic imine (C=N–C) groups is 3. The lowest BCUT2D eigenvalue weighted by Gasteiger charge is -2.14. The number of aromatic nitrogens is 1. The molecule has 0 amide bonds. The van der Waals surface area contributed by atoms with Crippen molar-refractivity contribution in [2.75, 3.05) is 0 Å². The molecule has 1 aromatic rings. The number of rotatable bonds is 10. The fourth-order valence-electron chi connectivity index (χ4n) is 6.56. The third-order valence-electron chi connectivity index (χ3n) is 9.10. The van der Waals surface area contributed by atoms with Gasteiger partial charge in [-0.15, -0.1) is 0 Å². The monoisotopic (exact) mass is 622 g/mol. The number of hydrogen-bond donors (Lipinski definition) is 4. The van der Waals surface area contributed by atoms with Crippen molar-refractivity contribution in [1.29, 1.82) is 0 Å². The normalized spacial score (nSPS) is 23.3. The Kier molecular flexibility index (Phi) is 8.92. The van der Waals surface area contributed by atoms with Crippen LogP contribution in [-0.4, -0.2) is 61.4 Å². The summed E-state index contributed by atoms with van der Waals surface area (Å²) >= 11 is 0. The Balaban J connectivity index is 1.91. The predicted molar refractivity (Wildman–Crippen MR) is 179 cm³/mol. The number of allylic oxidation sites excluding steroid dienone is 6. The van der Waals surface area contributed by atoms with Crippen molar-refractivity contribution in [3.63, 3.8) is 0 Å². The largest absolute Gasteiger partial charge is 0.481 e. The average molecular weight is 623 g/mol. The summed E-state index contributed by atoms with van der Waals surface area (Å²) in [5.41, 5.74) is 9.83. The second kappa shape index (κ2) is 12.7. The Labute approximate surface area is 266 Å². The molecule has 5 heterocycles. The Hall–Kier alpha value is -5.12. The van der Waals surface area contributed by atoms with Gasteiger partial charge in [-0.1, -0.05) is 19.6 Å². The molecule has 5 rings (SSSR count). The van der Waals surface area contributed by atoms with Crippen molar-refractivity contribution in [3.8, 4) is 0 Å². The number of carboxylic acids is 3. The molecule has 8 bridgehead atoms. The molecule has 238 valence electrons. The second-order valence-corrected chi connectivity index (χ2v) is 11.9.